The number of benzene rings is 1. The fourth-order valence-corrected chi connectivity index (χ4v) is 1.40. The van der Waals surface area contributed by atoms with Crippen LogP contribution in [0.2, 0.25) is 5.02 Å². The highest BCUT2D eigenvalue weighted by atomic mass is 35.5. The Morgan fingerprint density at radius 3 is 2.57 bits per heavy atom. The predicted molar refractivity (Wildman–Crippen MR) is 57.5 cm³/mol. The topological polar surface area (TPSA) is 29.5 Å². The molecule has 1 unspecified atom stereocenters. The Morgan fingerprint density at radius 2 is 2.00 bits per heavy atom. The molecule has 3 heteroatoms. The second-order valence-electron chi connectivity index (χ2n) is 3.20. The molecule has 0 saturated carbocycles. The molecule has 0 amide bonds. The third-order valence-corrected chi connectivity index (χ3v) is 2.33. The summed E-state index contributed by atoms with van der Waals surface area (Å²) in [5, 5.41) is 10.4. The summed E-state index contributed by atoms with van der Waals surface area (Å²) in [4.78, 5) is 0. The highest BCUT2D eigenvalue weighted by Gasteiger charge is 2.06. The first-order chi connectivity index (χ1) is 6.74. The molecule has 0 saturated heterocycles. The van der Waals surface area contributed by atoms with E-state index in [1.165, 1.54) is 0 Å². The van der Waals surface area contributed by atoms with Crippen LogP contribution in [0.3, 0.4) is 0 Å². The number of rotatable bonds is 5. The van der Waals surface area contributed by atoms with E-state index in [0.717, 1.165) is 18.4 Å². The monoisotopic (exact) mass is 214 g/mol. The molecular weight excluding hydrogens is 200 g/mol. The molecule has 1 aromatic rings. The van der Waals surface area contributed by atoms with Crippen LogP contribution >= 0.6 is 11.6 Å². The number of aliphatic hydroxyl groups is 1. The van der Waals surface area contributed by atoms with E-state index in [-0.39, 0.29) is 0 Å². The van der Waals surface area contributed by atoms with Crippen molar-refractivity contribution in [3.63, 3.8) is 0 Å². The fourth-order valence-electron chi connectivity index (χ4n) is 1.27. The van der Waals surface area contributed by atoms with Crippen molar-refractivity contribution in [1.29, 1.82) is 0 Å². The summed E-state index contributed by atoms with van der Waals surface area (Å²) < 4.78 is 4.91. The molecule has 1 N–H and O–H groups in total. The minimum Gasteiger partial charge on any atom is -0.388 e. The van der Waals surface area contributed by atoms with Gasteiger partial charge < -0.3 is 9.84 Å². The van der Waals surface area contributed by atoms with Gasteiger partial charge in [-0.05, 0) is 30.5 Å². The second-order valence-corrected chi connectivity index (χ2v) is 3.64. The van der Waals surface area contributed by atoms with E-state index in [1.807, 2.05) is 12.1 Å². The predicted octanol–water partition coefficient (Wildman–Crippen LogP) is 2.80. The van der Waals surface area contributed by atoms with Crippen LogP contribution in [0.15, 0.2) is 24.3 Å². The Morgan fingerprint density at radius 1 is 1.36 bits per heavy atom. The third-order valence-electron chi connectivity index (χ3n) is 2.08. The van der Waals surface area contributed by atoms with Gasteiger partial charge in [-0.1, -0.05) is 23.7 Å². The molecule has 14 heavy (non-hydrogen) atoms. The van der Waals surface area contributed by atoms with Crippen LogP contribution < -0.4 is 0 Å². The van der Waals surface area contributed by atoms with Crippen molar-refractivity contribution in [3.8, 4) is 0 Å². The first kappa shape index (κ1) is 11.5. The zero-order valence-electron chi connectivity index (χ0n) is 8.24. The summed E-state index contributed by atoms with van der Waals surface area (Å²) >= 11 is 5.74. The van der Waals surface area contributed by atoms with Crippen molar-refractivity contribution in [2.75, 3.05) is 13.7 Å². The van der Waals surface area contributed by atoms with Gasteiger partial charge in [0.05, 0.1) is 6.10 Å². The van der Waals surface area contributed by atoms with Gasteiger partial charge in [0.1, 0.15) is 0 Å². The van der Waals surface area contributed by atoms with Crippen molar-refractivity contribution < 1.29 is 9.84 Å². The standard InChI is InChI=1S/C11H15ClO2/c1-14-8-2-3-11(13)9-4-6-10(12)7-5-9/h4-7,11,13H,2-3,8H2,1H3. The smallest absolute Gasteiger partial charge is 0.0790 e. The van der Waals surface area contributed by atoms with Crippen molar-refractivity contribution >= 4 is 11.6 Å². The van der Waals surface area contributed by atoms with Gasteiger partial charge in [0.15, 0.2) is 0 Å². The summed E-state index contributed by atoms with van der Waals surface area (Å²) in [6.07, 6.45) is 1.16. The Labute approximate surface area is 89.5 Å². The summed E-state index contributed by atoms with van der Waals surface area (Å²) in [6.45, 7) is 0.685. The number of halogens is 1. The normalized spacial score (nSPS) is 12.8. The number of methoxy groups -OCH3 is 1. The van der Waals surface area contributed by atoms with Gasteiger partial charge in [-0.2, -0.15) is 0 Å². The van der Waals surface area contributed by atoms with Gasteiger partial charge in [-0.3, -0.25) is 0 Å². The largest absolute Gasteiger partial charge is 0.388 e. The van der Waals surface area contributed by atoms with Gasteiger partial charge in [0.2, 0.25) is 0 Å². The number of ether oxygens (including phenoxy) is 1. The zero-order valence-corrected chi connectivity index (χ0v) is 9.00. The molecule has 0 aliphatic rings. The zero-order chi connectivity index (χ0) is 10.4. The van der Waals surface area contributed by atoms with E-state index < -0.39 is 6.10 Å². The quantitative estimate of drug-likeness (QED) is 0.764. The molecule has 0 spiro atoms. The van der Waals surface area contributed by atoms with Crippen LogP contribution in [-0.2, 0) is 4.74 Å². The molecule has 0 aromatic heterocycles. The highest BCUT2D eigenvalue weighted by molar-refractivity contribution is 6.30. The maximum absolute atomic E-state index is 9.74. The first-order valence-electron chi connectivity index (χ1n) is 4.66. The van der Waals surface area contributed by atoms with Crippen molar-refractivity contribution in [2.24, 2.45) is 0 Å². The molecule has 0 aliphatic carbocycles. The van der Waals surface area contributed by atoms with Crippen molar-refractivity contribution in [3.05, 3.63) is 34.9 Å². The van der Waals surface area contributed by atoms with Gasteiger partial charge in [0, 0.05) is 18.7 Å². The minimum atomic E-state index is -0.414. The van der Waals surface area contributed by atoms with Crippen LogP contribution in [0.1, 0.15) is 24.5 Å². The number of hydrogen-bond acceptors (Lipinski definition) is 2. The molecule has 1 atom stereocenters. The van der Waals surface area contributed by atoms with Crippen molar-refractivity contribution in [1.82, 2.24) is 0 Å². The maximum Gasteiger partial charge on any atom is 0.0790 e. The van der Waals surface area contributed by atoms with Gasteiger partial charge in [0.25, 0.3) is 0 Å². The molecular formula is C11H15ClO2. The molecule has 2 nitrogen and oxygen atoms in total. The lowest BCUT2D eigenvalue weighted by atomic mass is 10.1. The molecule has 78 valence electrons. The van der Waals surface area contributed by atoms with E-state index in [0.29, 0.717) is 11.6 Å². The Hall–Kier alpha value is -0.570. The molecule has 0 fully saturated rings. The van der Waals surface area contributed by atoms with Gasteiger partial charge in [-0.25, -0.2) is 0 Å². The first-order valence-corrected chi connectivity index (χ1v) is 5.04. The molecule has 1 rings (SSSR count). The van der Waals surface area contributed by atoms with Crippen LogP contribution in [-0.4, -0.2) is 18.8 Å². The SMILES string of the molecule is COCCCC(O)c1ccc(Cl)cc1. The molecule has 1 aromatic carbocycles. The molecule has 0 aliphatic heterocycles. The Bertz CT molecular complexity index is 258. The maximum atomic E-state index is 9.74. The van der Waals surface area contributed by atoms with E-state index >= 15 is 0 Å². The van der Waals surface area contributed by atoms with Gasteiger partial charge >= 0.3 is 0 Å². The average molecular weight is 215 g/mol. The van der Waals surface area contributed by atoms with E-state index in [9.17, 15) is 5.11 Å². The summed E-state index contributed by atoms with van der Waals surface area (Å²) in [6, 6.07) is 7.27. The minimum absolute atomic E-state index is 0.414. The summed E-state index contributed by atoms with van der Waals surface area (Å²) in [5.74, 6) is 0. The van der Waals surface area contributed by atoms with Gasteiger partial charge in [-0.15, -0.1) is 0 Å². The van der Waals surface area contributed by atoms with Crippen LogP contribution in [0, 0.1) is 0 Å². The Balaban J connectivity index is 2.43. The molecule has 0 heterocycles. The lowest BCUT2D eigenvalue weighted by Gasteiger charge is -2.10. The summed E-state index contributed by atoms with van der Waals surface area (Å²) in [7, 11) is 1.66. The molecule has 0 bridgehead atoms. The van der Waals surface area contributed by atoms with Crippen molar-refractivity contribution in [2.45, 2.75) is 18.9 Å². The summed E-state index contributed by atoms with van der Waals surface area (Å²) in [5.41, 5.74) is 0.908. The lowest BCUT2D eigenvalue weighted by Crippen LogP contribution is -1.99. The van der Waals surface area contributed by atoms with Crippen LogP contribution in [0.4, 0.5) is 0 Å². The average Bonchev–Trinajstić information content (AvgIpc) is 2.19. The fraction of sp³-hybridized carbons (Fsp3) is 0.455. The third kappa shape index (κ3) is 3.66. The Kier molecular flexibility index (Phi) is 4.94. The second kappa shape index (κ2) is 6.02. The molecule has 0 radical (unpaired) electrons. The van der Waals surface area contributed by atoms with E-state index in [2.05, 4.69) is 0 Å². The van der Waals surface area contributed by atoms with Crippen LogP contribution in [0.25, 0.3) is 0 Å². The number of aliphatic hydroxyl groups excluding tert-OH is 1. The lowest BCUT2D eigenvalue weighted by molar-refractivity contribution is 0.136. The number of hydrogen-bond donors (Lipinski definition) is 1. The highest BCUT2D eigenvalue weighted by Crippen LogP contribution is 2.20. The van der Waals surface area contributed by atoms with E-state index in [4.69, 9.17) is 16.3 Å². The van der Waals surface area contributed by atoms with E-state index in [1.54, 1.807) is 19.2 Å². The van der Waals surface area contributed by atoms with Crippen LogP contribution in [0.5, 0.6) is 0 Å².